The van der Waals surface area contributed by atoms with Crippen molar-refractivity contribution in [2.24, 2.45) is 0 Å². The third-order valence-corrected chi connectivity index (χ3v) is 4.51. The second kappa shape index (κ2) is 6.78. The molecule has 0 radical (unpaired) electrons. The van der Waals surface area contributed by atoms with Gasteiger partial charge in [0, 0.05) is 56.4 Å². The van der Waals surface area contributed by atoms with Gasteiger partial charge in [-0.3, -0.25) is 9.78 Å². The lowest BCUT2D eigenvalue weighted by molar-refractivity contribution is -0.134. The summed E-state index contributed by atoms with van der Waals surface area (Å²) in [5.74, 6) is 0.195. The molecular weight excluding hydrogens is 284 g/mol. The third-order valence-electron chi connectivity index (χ3n) is 3.67. The van der Waals surface area contributed by atoms with Crippen LogP contribution in [0.2, 0.25) is 0 Å². The van der Waals surface area contributed by atoms with Gasteiger partial charge < -0.3 is 10.2 Å². The molecule has 1 aliphatic rings. The molecule has 110 valence electrons. The molecule has 1 saturated heterocycles. The van der Waals surface area contributed by atoms with E-state index in [1.165, 1.54) is 0 Å². The van der Waals surface area contributed by atoms with Crippen molar-refractivity contribution in [1.29, 1.82) is 0 Å². The number of nitrogens with one attached hydrogen (secondary N) is 1. The van der Waals surface area contributed by atoms with Gasteiger partial charge in [-0.2, -0.15) is 0 Å². The second-order valence-electron chi connectivity index (χ2n) is 5.02. The molecule has 0 spiro atoms. The summed E-state index contributed by atoms with van der Waals surface area (Å²) in [6, 6.07) is 4.03. The zero-order valence-electron chi connectivity index (χ0n) is 11.7. The maximum atomic E-state index is 12.5. The van der Waals surface area contributed by atoms with Crippen LogP contribution in [-0.4, -0.2) is 40.4 Å². The molecule has 5 nitrogen and oxygen atoms in total. The normalized spacial score (nSPS) is 18.7. The summed E-state index contributed by atoms with van der Waals surface area (Å²) in [6.45, 7) is 2.38. The molecule has 1 aliphatic heterocycles. The summed E-state index contributed by atoms with van der Waals surface area (Å²) in [5.41, 5.74) is 1.09. The standard InChI is InChI=1S/C15H18N4OS/c20-15(4-3-14-18-7-9-21-14)19-8-6-17-11-13(19)12-2-1-5-16-10-12/h1-2,5,7,9-10,13,17H,3-4,6,8,11H2. The van der Waals surface area contributed by atoms with Gasteiger partial charge >= 0.3 is 0 Å². The highest BCUT2D eigenvalue weighted by molar-refractivity contribution is 7.09. The average molecular weight is 302 g/mol. The number of pyridine rings is 1. The van der Waals surface area contributed by atoms with Crippen molar-refractivity contribution in [2.45, 2.75) is 18.9 Å². The number of amides is 1. The molecule has 1 atom stereocenters. The minimum Gasteiger partial charge on any atom is -0.333 e. The Morgan fingerprint density at radius 3 is 3.19 bits per heavy atom. The third kappa shape index (κ3) is 3.46. The van der Waals surface area contributed by atoms with E-state index in [1.54, 1.807) is 23.7 Å². The molecule has 3 heterocycles. The molecule has 0 saturated carbocycles. The van der Waals surface area contributed by atoms with E-state index in [1.807, 2.05) is 28.6 Å². The van der Waals surface area contributed by atoms with E-state index in [0.717, 1.165) is 36.6 Å². The number of thiazole rings is 1. The minimum atomic E-state index is 0.0799. The van der Waals surface area contributed by atoms with Crippen LogP contribution in [0.15, 0.2) is 36.1 Å². The van der Waals surface area contributed by atoms with Crippen molar-refractivity contribution in [1.82, 2.24) is 20.2 Å². The highest BCUT2D eigenvalue weighted by Crippen LogP contribution is 2.22. The number of nitrogens with zero attached hydrogens (tertiary/aromatic N) is 3. The van der Waals surface area contributed by atoms with Crippen molar-refractivity contribution < 1.29 is 4.79 Å². The Balaban J connectivity index is 1.67. The predicted octanol–water partition coefficient (Wildman–Crippen LogP) is 1.64. The smallest absolute Gasteiger partial charge is 0.223 e. The Morgan fingerprint density at radius 2 is 2.43 bits per heavy atom. The van der Waals surface area contributed by atoms with Crippen LogP contribution in [0.3, 0.4) is 0 Å². The maximum absolute atomic E-state index is 12.5. The fourth-order valence-corrected chi connectivity index (χ4v) is 3.23. The van der Waals surface area contributed by atoms with Crippen LogP contribution in [0, 0.1) is 0 Å². The van der Waals surface area contributed by atoms with Crippen LogP contribution >= 0.6 is 11.3 Å². The molecule has 2 aromatic heterocycles. The SMILES string of the molecule is O=C(CCc1nccs1)N1CCNCC1c1cccnc1. The minimum absolute atomic E-state index is 0.0799. The van der Waals surface area contributed by atoms with Crippen molar-refractivity contribution in [2.75, 3.05) is 19.6 Å². The van der Waals surface area contributed by atoms with Crippen LogP contribution in [0.1, 0.15) is 23.0 Å². The number of piperazine rings is 1. The zero-order chi connectivity index (χ0) is 14.5. The summed E-state index contributed by atoms with van der Waals surface area (Å²) in [7, 11) is 0. The van der Waals surface area contributed by atoms with Gasteiger partial charge in [0.15, 0.2) is 0 Å². The van der Waals surface area contributed by atoms with Gasteiger partial charge in [-0.15, -0.1) is 11.3 Å². The molecule has 1 fully saturated rings. The largest absolute Gasteiger partial charge is 0.333 e. The first-order valence-corrected chi connectivity index (χ1v) is 8.01. The van der Waals surface area contributed by atoms with Crippen molar-refractivity contribution in [3.63, 3.8) is 0 Å². The van der Waals surface area contributed by atoms with Crippen LogP contribution in [0.4, 0.5) is 0 Å². The number of hydrogen-bond donors (Lipinski definition) is 1. The fourth-order valence-electron chi connectivity index (χ4n) is 2.61. The van der Waals surface area contributed by atoms with Gasteiger partial charge in [-0.25, -0.2) is 4.98 Å². The Hall–Kier alpha value is -1.79. The van der Waals surface area contributed by atoms with E-state index in [-0.39, 0.29) is 11.9 Å². The first-order valence-electron chi connectivity index (χ1n) is 7.13. The lowest BCUT2D eigenvalue weighted by atomic mass is 10.0. The highest BCUT2D eigenvalue weighted by atomic mass is 32.1. The van der Waals surface area contributed by atoms with Gasteiger partial charge in [0.1, 0.15) is 0 Å². The summed E-state index contributed by atoms with van der Waals surface area (Å²) in [4.78, 5) is 22.9. The Morgan fingerprint density at radius 1 is 1.48 bits per heavy atom. The van der Waals surface area contributed by atoms with Crippen LogP contribution in [0.25, 0.3) is 0 Å². The van der Waals surface area contributed by atoms with E-state index < -0.39 is 0 Å². The summed E-state index contributed by atoms with van der Waals surface area (Å²) in [5, 5.41) is 6.33. The Kier molecular flexibility index (Phi) is 4.57. The van der Waals surface area contributed by atoms with Gasteiger partial charge in [-0.05, 0) is 11.6 Å². The molecule has 21 heavy (non-hydrogen) atoms. The molecule has 6 heteroatoms. The maximum Gasteiger partial charge on any atom is 0.223 e. The van der Waals surface area contributed by atoms with Crippen LogP contribution in [-0.2, 0) is 11.2 Å². The van der Waals surface area contributed by atoms with E-state index in [0.29, 0.717) is 6.42 Å². The number of carbonyl (C=O) groups is 1. The van der Waals surface area contributed by atoms with Crippen molar-refractivity contribution in [3.8, 4) is 0 Å². The predicted molar refractivity (Wildman–Crippen MR) is 82.0 cm³/mol. The summed E-state index contributed by atoms with van der Waals surface area (Å²) >= 11 is 1.60. The van der Waals surface area contributed by atoms with E-state index in [4.69, 9.17) is 0 Å². The Bertz CT molecular complexity index is 573. The molecule has 2 aromatic rings. The number of aromatic nitrogens is 2. The van der Waals surface area contributed by atoms with Gasteiger partial charge in [0.25, 0.3) is 0 Å². The van der Waals surface area contributed by atoms with Crippen molar-refractivity contribution in [3.05, 3.63) is 46.7 Å². The molecule has 1 N–H and O–H groups in total. The fraction of sp³-hybridized carbons (Fsp3) is 0.400. The molecule has 0 bridgehead atoms. The monoisotopic (exact) mass is 302 g/mol. The number of aryl methyl sites for hydroxylation is 1. The van der Waals surface area contributed by atoms with Crippen LogP contribution in [0.5, 0.6) is 0 Å². The van der Waals surface area contributed by atoms with Gasteiger partial charge in [-0.1, -0.05) is 6.07 Å². The van der Waals surface area contributed by atoms with Gasteiger partial charge in [0.05, 0.1) is 11.0 Å². The average Bonchev–Trinajstić information content (AvgIpc) is 3.07. The lowest BCUT2D eigenvalue weighted by Gasteiger charge is -2.36. The summed E-state index contributed by atoms with van der Waals surface area (Å²) < 4.78 is 0. The number of carbonyl (C=O) groups excluding carboxylic acids is 1. The highest BCUT2D eigenvalue weighted by Gasteiger charge is 2.27. The Labute approximate surface area is 128 Å². The topological polar surface area (TPSA) is 58.1 Å². The molecule has 0 aliphatic carbocycles. The number of rotatable bonds is 4. The van der Waals surface area contributed by atoms with Crippen molar-refractivity contribution >= 4 is 17.2 Å². The second-order valence-corrected chi connectivity index (χ2v) is 6.00. The van der Waals surface area contributed by atoms with E-state index in [9.17, 15) is 4.79 Å². The van der Waals surface area contributed by atoms with E-state index >= 15 is 0 Å². The van der Waals surface area contributed by atoms with Crippen LogP contribution < -0.4 is 5.32 Å². The number of hydrogen-bond acceptors (Lipinski definition) is 5. The first-order chi connectivity index (χ1) is 10.3. The molecule has 1 amide bonds. The zero-order valence-corrected chi connectivity index (χ0v) is 12.6. The first kappa shape index (κ1) is 14.2. The molecular formula is C15H18N4OS. The molecule has 3 rings (SSSR count). The molecule has 0 aromatic carbocycles. The van der Waals surface area contributed by atoms with Gasteiger partial charge in [0.2, 0.25) is 5.91 Å². The lowest BCUT2D eigenvalue weighted by Crippen LogP contribution is -2.48. The summed E-state index contributed by atoms with van der Waals surface area (Å²) in [6.07, 6.45) is 6.63. The molecule has 1 unspecified atom stereocenters. The van der Waals surface area contributed by atoms with E-state index in [2.05, 4.69) is 15.3 Å². The quantitative estimate of drug-likeness (QED) is 0.933.